The Hall–Kier alpha value is -2.51. The van der Waals surface area contributed by atoms with Gasteiger partial charge in [-0.25, -0.2) is 4.52 Å². The molecule has 4 aromatic rings. The maximum Gasteiger partial charge on any atom is 0.251 e. The number of carbonyl (C=O) groups excluding carboxylic acids is 1. The lowest BCUT2D eigenvalue weighted by Gasteiger charge is -2.06. The summed E-state index contributed by atoms with van der Waals surface area (Å²) in [4.78, 5) is 18.9. The third kappa shape index (κ3) is 3.40. The van der Waals surface area contributed by atoms with Crippen molar-refractivity contribution in [3.63, 3.8) is 0 Å². The molecular formula is C19H18N4OS2. The van der Waals surface area contributed by atoms with Gasteiger partial charge in [0.1, 0.15) is 0 Å². The summed E-state index contributed by atoms with van der Waals surface area (Å²) in [5, 5.41) is 11.7. The van der Waals surface area contributed by atoms with E-state index in [0.29, 0.717) is 18.5 Å². The summed E-state index contributed by atoms with van der Waals surface area (Å²) in [6.45, 7) is 4.56. The minimum absolute atomic E-state index is 0.0406. The number of thiazole rings is 1. The van der Waals surface area contributed by atoms with Gasteiger partial charge in [-0.3, -0.25) is 4.79 Å². The predicted octanol–water partition coefficient (Wildman–Crippen LogP) is 4.11. The van der Waals surface area contributed by atoms with Crippen LogP contribution < -0.4 is 5.32 Å². The van der Waals surface area contributed by atoms with Crippen LogP contribution in [0.1, 0.15) is 27.2 Å². The standard InChI is InChI=1S/C19H18N4OS2/c1-12-8-13(2)10-14(9-12)18(24)20-6-5-15-11-26-19-21-17(22-23(15)19)16-4-3-7-25-16/h3-4,7-11H,5-6H2,1-2H3,(H,20,24). The summed E-state index contributed by atoms with van der Waals surface area (Å²) in [6.07, 6.45) is 0.712. The van der Waals surface area contributed by atoms with Gasteiger partial charge >= 0.3 is 0 Å². The number of hydrogen-bond acceptors (Lipinski definition) is 5. The van der Waals surface area contributed by atoms with E-state index in [0.717, 1.165) is 32.5 Å². The zero-order valence-electron chi connectivity index (χ0n) is 14.5. The van der Waals surface area contributed by atoms with Crippen LogP contribution in [0.25, 0.3) is 15.7 Å². The molecule has 0 saturated carbocycles. The summed E-state index contributed by atoms with van der Waals surface area (Å²) in [7, 11) is 0. The first-order chi connectivity index (χ1) is 12.6. The second-order valence-electron chi connectivity index (χ2n) is 6.22. The first-order valence-corrected chi connectivity index (χ1v) is 10.1. The first-order valence-electron chi connectivity index (χ1n) is 8.33. The fraction of sp³-hybridized carbons (Fsp3) is 0.211. The molecule has 5 nitrogen and oxygen atoms in total. The third-order valence-corrected chi connectivity index (χ3v) is 5.77. The number of nitrogens with zero attached hydrogens (tertiary/aromatic N) is 3. The quantitative estimate of drug-likeness (QED) is 0.565. The molecular weight excluding hydrogens is 364 g/mol. The fourth-order valence-corrected chi connectivity index (χ4v) is 4.43. The number of rotatable bonds is 5. The number of benzene rings is 1. The van der Waals surface area contributed by atoms with Crippen LogP contribution >= 0.6 is 22.7 Å². The van der Waals surface area contributed by atoms with Crippen molar-refractivity contribution >= 4 is 33.5 Å². The molecule has 1 aromatic carbocycles. The Labute approximate surface area is 159 Å². The summed E-state index contributed by atoms with van der Waals surface area (Å²) in [5.74, 6) is 0.716. The molecule has 0 aliphatic rings. The van der Waals surface area contributed by atoms with Crippen LogP contribution in [0.2, 0.25) is 0 Å². The molecule has 0 radical (unpaired) electrons. The van der Waals surface area contributed by atoms with E-state index in [4.69, 9.17) is 0 Å². The molecule has 0 atom stereocenters. The van der Waals surface area contributed by atoms with Gasteiger partial charge in [0, 0.05) is 23.9 Å². The summed E-state index contributed by atoms with van der Waals surface area (Å²) >= 11 is 3.20. The van der Waals surface area contributed by atoms with E-state index in [1.165, 1.54) is 0 Å². The Kier molecular flexibility index (Phi) is 4.57. The van der Waals surface area contributed by atoms with Crippen LogP contribution in [-0.4, -0.2) is 27.0 Å². The number of aryl methyl sites for hydroxylation is 2. The van der Waals surface area contributed by atoms with Crippen LogP contribution in [0.4, 0.5) is 0 Å². The van der Waals surface area contributed by atoms with E-state index in [9.17, 15) is 4.79 Å². The molecule has 0 aliphatic heterocycles. The minimum Gasteiger partial charge on any atom is -0.352 e. The molecule has 0 aliphatic carbocycles. The maximum atomic E-state index is 12.4. The van der Waals surface area contributed by atoms with Crippen LogP contribution in [0.5, 0.6) is 0 Å². The van der Waals surface area contributed by atoms with E-state index >= 15 is 0 Å². The number of amides is 1. The van der Waals surface area contributed by atoms with Gasteiger partial charge in [0.25, 0.3) is 5.91 Å². The van der Waals surface area contributed by atoms with Crippen LogP contribution in [0.3, 0.4) is 0 Å². The van der Waals surface area contributed by atoms with Gasteiger partial charge in [0.05, 0.1) is 10.6 Å². The second kappa shape index (κ2) is 7.01. The number of hydrogen-bond donors (Lipinski definition) is 1. The number of fused-ring (bicyclic) bond motifs is 1. The maximum absolute atomic E-state index is 12.4. The highest BCUT2D eigenvalue weighted by molar-refractivity contribution is 7.15. The van der Waals surface area contributed by atoms with Gasteiger partial charge in [-0.1, -0.05) is 23.3 Å². The topological polar surface area (TPSA) is 59.3 Å². The molecule has 7 heteroatoms. The molecule has 0 fully saturated rings. The van der Waals surface area contributed by atoms with Crippen molar-refractivity contribution in [3.8, 4) is 10.7 Å². The summed E-state index contributed by atoms with van der Waals surface area (Å²) < 4.78 is 1.88. The van der Waals surface area contributed by atoms with Gasteiger partial charge in [0.15, 0.2) is 5.82 Å². The number of aromatic nitrogens is 3. The number of carbonyl (C=O) groups is 1. The molecule has 3 aromatic heterocycles. The third-order valence-electron chi connectivity index (χ3n) is 4.04. The van der Waals surface area contributed by atoms with Crippen LogP contribution in [0, 0.1) is 13.8 Å². The highest BCUT2D eigenvalue weighted by Crippen LogP contribution is 2.24. The normalized spacial score (nSPS) is 11.2. The summed E-state index contributed by atoms with van der Waals surface area (Å²) in [5.41, 5.74) is 3.96. The van der Waals surface area contributed by atoms with Crippen LogP contribution in [0.15, 0.2) is 41.1 Å². The lowest BCUT2D eigenvalue weighted by Crippen LogP contribution is -2.26. The van der Waals surface area contributed by atoms with Crippen molar-refractivity contribution in [2.45, 2.75) is 20.3 Å². The van der Waals surface area contributed by atoms with E-state index in [1.807, 2.05) is 48.0 Å². The van der Waals surface area contributed by atoms with E-state index in [2.05, 4.69) is 26.8 Å². The van der Waals surface area contributed by atoms with Crippen molar-refractivity contribution in [3.05, 3.63) is 63.5 Å². The van der Waals surface area contributed by atoms with Crippen molar-refractivity contribution in [2.75, 3.05) is 6.54 Å². The molecule has 1 N–H and O–H groups in total. The molecule has 0 unspecified atom stereocenters. The Bertz CT molecular complexity index is 1040. The van der Waals surface area contributed by atoms with E-state index in [-0.39, 0.29) is 5.91 Å². The van der Waals surface area contributed by atoms with Crippen molar-refractivity contribution < 1.29 is 4.79 Å². The van der Waals surface area contributed by atoms with Gasteiger partial charge in [-0.2, -0.15) is 4.98 Å². The zero-order chi connectivity index (χ0) is 18.1. The van der Waals surface area contributed by atoms with E-state index in [1.54, 1.807) is 22.7 Å². The van der Waals surface area contributed by atoms with Gasteiger partial charge < -0.3 is 5.32 Å². The largest absolute Gasteiger partial charge is 0.352 e. The van der Waals surface area contributed by atoms with Crippen LogP contribution in [-0.2, 0) is 6.42 Å². The smallest absolute Gasteiger partial charge is 0.251 e. The Balaban J connectivity index is 1.44. The molecule has 26 heavy (non-hydrogen) atoms. The van der Waals surface area contributed by atoms with Crippen molar-refractivity contribution in [2.24, 2.45) is 0 Å². The minimum atomic E-state index is -0.0406. The SMILES string of the molecule is Cc1cc(C)cc(C(=O)NCCc2csc3nc(-c4cccs4)nn23)c1. The van der Waals surface area contributed by atoms with E-state index < -0.39 is 0 Å². The van der Waals surface area contributed by atoms with Crippen molar-refractivity contribution in [1.82, 2.24) is 19.9 Å². The molecule has 4 rings (SSSR count). The average molecular weight is 383 g/mol. The molecule has 0 saturated heterocycles. The Morgan fingerprint density at radius 2 is 2.00 bits per heavy atom. The second-order valence-corrected chi connectivity index (χ2v) is 8.00. The molecule has 3 heterocycles. The van der Waals surface area contributed by atoms with Crippen molar-refractivity contribution in [1.29, 1.82) is 0 Å². The first kappa shape index (κ1) is 16.9. The monoisotopic (exact) mass is 382 g/mol. The summed E-state index contributed by atoms with van der Waals surface area (Å²) in [6, 6.07) is 9.91. The lowest BCUT2D eigenvalue weighted by molar-refractivity contribution is 0.0954. The van der Waals surface area contributed by atoms with Gasteiger partial charge in [-0.05, 0) is 37.4 Å². The fourth-order valence-electron chi connectivity index (χ4n) is 2.92. The zero-order valence-corrected chi connectivity index (χ0v) is 16.2. The predicted molar refractivity (Wildman–Crippen MR) is 106 cm³/mol. The Morgan fingerprint density at radius 1 is 1.19 bits per heavy atom. The molecule has 1 amide bonds. The molecule has 0 bridgehead atoms. The highest BCUT2D eigenvalue weighted by atomic mass is 32.1. The average Bonchev–Trinajstić information content (AvgIpc) is 3.31. The molecule has 0 spiro atoms. The Morgan fingerprint density at radius 3 is 2.73 bits per heavy atom. The number of nitrogens with one attached hydrogen (secondary N) is 1. The van der Waals surface area contributed by atoms with Gasteiger partial charge in [0.2, 0.25) is 4.96 Å². The number of thiophene rings is 1. The molecule has 132 valence electrons. The lowest BCUT2D eigenvalue weighted by atomic mass is 10.1. The highest BCUT2D eigenvalue weighted by Gasteiger charge is 2.12. The van der Waals surface area contributed by atoms with Gasteiger partial charge in [-0.15, -0.1) is 27.8 Å².